The predicted octanol–water partition coefficient (Wildman–Crippen LogP) is 4.46. The van der Waals surface area contributed by atoms with Crippen LogP contribution in [0.2, 0.25) is 18.6 Å². The number of aromatic nitrogens is 5. The molecule has 0 saturated carbocycles. The van der Waals surface area contributed by atoms with Crippen LogP contribution in [0.5, 0.6) is 0 Å². The minimum absolute atomic E-state index is 0.101. The Hall–Kier alpha value is -4.62. The van der Waals surface area contributed by atoms with E-state index in [1.807, 2.05) is 92.9 Å². The van der Waals surface area contributed by atoms with Crippen LogP contribution in [-0.4, -0.2) is 68.2 Å². The Kier molecular flexibility index (Phi) is 8.07. The standard InChI is InChI=1S/C36H40N6O5Si/c1-5-18-41-31-16-15-25(42-34(44)26-13-9-10-14-29(26)38-42)20-28(31)36(35(41)45)23(2)33(48(3,4)46)32(47-36)17-19-40-21-30(37-39-40)27(22-43)24-11-7-6-8-12-24/h5-16,20-21,23,27,32-33,38,43,46H,1,17-19,22H2,2-4H3/t23-,27?,32+,33-,36+/m1/s1. The molecule has 2 aromatic heterocycles. The number of anilines is 1. The van der Waals surface area contributed by atoms with E-state index in [0.717, 1.165) is 5.56 Å². The van der Waals surface area contributed by atoms with Crippen LogP contribution in [-0.2, 0) is 21.7 Å². The molecular formula is C36H40N6O5Si. The second-order valence-electron chi connectivity index (χ2n) is 13.4. The molecule has 5 aromatic rings. The van der Waals surface area contributed by atoms with Gasteiger partial charge in [0, 0.05) is 36.3 Å². The summed E-state index contributed by atoms with van der Waals surface area (Å²) in [4.78, 5) is 41.3. The number of carbonyl (C=O) groups excluding carboxylic acids is 1. The van der Waals surface area contributed by atoms with Gasteiger partial charge >= 0.3 is 0 Å². The molecule has 0 aliphatic carbocycles. The highest BCUT2D eigenvalue weighted by Crippen LogP contribution is 2.59. The van der Waals surface area contributed by atoms with Crippen LogP contribution in [0.15, 0.2) is 96.4 Å². The highest BCUT2D eigenvalue weighted by Gasteiger charge is 2.66. The number of hydrogen-bond donors (Lipinski definition) is 3. The number of aliphatic hydroxyl groups is 1. The van der Waals surface area contributed by atoms with Gasteiger partial charge in [-0.2, -0.15) is 0 Å². The minimum atomic E-state index is -2.90. The van der Waals surface area contributed by atoms with Gasteiger partial charge in [0.05, 0.1) is 46.6 Å². The SMILES string of the molecule is C=CCN1C(=O)[C@@]2(O[C@@H](CCn3cc(C(CO)c4ccccc4)nn3)[C@H]([Si](C)(C)O)[C@H]2C)c2cc(-n3[nH]c4ccccc4c3=O)ccc21. The van der Waals surface area contributed by atoms with E-state index in [9.17, 15) is 19.5 Å². The van der Waals surface area contributed by atoms with Gasteiger partial charge in [-0.3, -0.25) is 19.4 Å². The molecule has 3 N–H and O–H groups in total. The van der Waals surface area contributed by atoms with Crippen molar-refractivity contribution < 1.29 is 19.4 Å². The maximum Gasteiger partial charge on any atom is 0.279 e. The Morgan fingerprint density at radius 1 is 1.10 bits per heavy atom. The van der Waals surface area contributed by atoms with Crippen molar-refractivity contribution >= 4 is 30.8 Å². The lowest BCUT2D eigenvalue weighted by molar-refractivity contribution is -0.145. The Bertz CT molecular complexity index is 2050. The summed E-state index contributed by atoms with van der Waals surface area (Å²) in [5.74, 6) is -0.869. The predicted molar refractivity (Wildman–Crippen MR) is 186 cm³/mol. The quantitative estimate of drug-likeness (QED) is 0.148. The number of hydrogen-bond acceptors (Lipinski definition) is 7. The van der Waals surface area contributed by atoms with Crippen molar-refractivity contribution in [3.8, 4) is 5.69 Å². The molecule has 2 aliphatic heterocycles. The van der Waals surface area contributed by atoms with Gasteiger partial charge in [0.1, 0.15) is 0 Å². The van der Waals surface area contributed by atoms with Crippen molar-refractivity contribution in [3.63, 3.8) is 0 Å². The summed E-state index contributed by atoms with van der Waals surface area (Å²) in [6.07, 6.45) is 3.55. The Morgan fingerprint density at radius 2 is 1.85 bits per heavy atom. The fourth-order valence-corrected chi connectivity index (χ4v) is 10.5. The summed E-state index contributed by atoms with van der Waals surface area (Å²) in [5.41, 5.74) is 2.46. The maximum atomic E-state index is 14.5. The molecule has 1 unspecified atom stereocenters. The lowest BCUT2D eigenvalue weighted by atomic mass is 9.82. The van der Waals surface area contributed by atoms with Crippen LogP contribution < -0.4 is 10.5 Å². The van der Waals surface area contributed by atoms with Crippen LogP contribution in [0.4, 0.5) is 5.69 Å². The Balaban J connectivity index is 1.24. The number of aromatic amines is 1. The summed E-state index contributed by atoms with van der Waals surface area (Å²) in [6.45, 7) is 10.3. The average molecular weight is 665 g/mol. The number of aryl methyl sites for hydroxylation is 1. The van der Waals surface area contributed by atoms with Crippen molar-refractivity contribution in [1.29, 1.82) is 0 Å². The number of para-hydroxylation sites is 1. The topological polar surface area (TPSA) is 138 Å². The molecule has 11 nitrogen and oxygen atoms in total. The molecule has 7 rings (SSSR count). The number of benzene rings is 3. The normalized spacial score (nSPS) is 22.9. The molecule has 4 heterocycles. The van der Waals surface area contributed by atoms with E-state index in [1.54, 1.807) is 21.7 Å². The molecule has 3 aromatic carbocycles. The molecule has 12 heteroatoms. The molecular weight excluding hydrogens is 625 g/mol. The molecule has 5 atom stereocenters. The minimum Gasteiger partial charge on any atom is -0.432 e. The number of carbonyl (C=O) groups is 1. The largest absolute Gasteiger partial charge is 0.432 e. The van der Waals surface area contributed by atoms with E-state index in [1.165, 1.54) is 4.68 Å². The molecule has 1 amide bonds. The van der Waals surface area contributed by atoms with Crippen molar-refractivity contribution in [2.45, 2.75) is 56.1 Å². The molecule has 1 saturated heterocycles. The third kappa shape index (κ3) is 5.07. The second-order valence-corrected chi connectivity index (χ2v) is 17.4. The maximum absolute atomic E-state index is 14.5. The number of nitrogens with one attached hydrogen (secondary N) is 1. The van der Waals surface area contributed by atoms with Crippen LogP contribution in [0, 0.1) is 5.92 Å². The van der Waals surface area contributed by atoms with Crippen molar-refractivity contribution in [2.75, 3.05) is 18.1 Å². The smallest absolute Gasteiger partial charge is 0.279 e. The number of H-pyrrole nitrogens is 1. The Morgan fingerprint density at radius 3 is 2.56 bits per heavy atom. The fraction of sp³-hybridized carbons (Fsp3) is 0.333. The second kappa shape index (κ2) is 12.1. The van der Waals surface area contributed by atoms with Gasteiger partial charge in [-0.25, -0.2) is 4.68 Å². The van der Waals surface area contributed by atoms with Crippen LogP contribution in [0.25, 0.3) is 16.6 Å². The number of amides is 1. The fourth-order valence-electron chi connectivity index (χ4n) is 7.92. The van der Waals surface area contributed by atoms with Gasteiger partial charge in [-0.05, 0) is 55.4 Å². The third-order valence-electron chi connectivity index (χ3n) is 10.1. The van der Waals surface area contributed by atoms with E-state index in [0.29, 0.717) is 53.0 Å². The van der Waals surface area contributed by atoms with Gasteiger partial charge in [0.2, 0.25) is 0 Å². The third-order valence-corrected chi connectivity index (χ3v) is 12.6. The summed E-state index contributed by atoms with van der Waals surface area (Å²) in [5, 5.41) is 22.6. The highest BCUT2D eigenvalue weighted by molar-refractivity contribution is 6.71. The van der Waals surface area contributed by atoms with Gasteiger partial charge in [-0.1, -0.05) is 60.7 Å². The molecule has 248 valence electrons. The van der Waals surface area contributed by atoms with Gasteiger partial charge < -0.3 is 19.5 Å². The molecule has 48 heavy (non-hydrogen) atoms. The first kappa shape index (κ1) is 31.9. The van der Waals surface area contributed by atoms with E-state index in [-0.39, 0.29) is 35.5 Å². The van der Waals surface area contributed by atoms with Crippen LogP contribution in [0.1, 0.15) is 36.1 Å². The summed E-state index contributed by atoms with van der Waals surface area (Å²) in [6, 6.07) is 22.6. The number of nitrogens with zero attached hydrogens (tertiary/aromatic N) is 5. The molecule has 1 fully saturated rings. The van der Waals surface area contributed by atoms with Gasteiger partial charge in [0.25, 0.3) is 11.5 Å². The lowest BCUT2D eigenvalue weighted by Gasteiger charge is -2.32. The average Bonchev–Trinajstić information content (AvgIpc) is 3.81. The zero-order chi connectivity index (χ0) is 33.8. The first-order chi connectivity index (χ1) is 23.1. The monoisotopic (exact) mass is 664 g/mol. The van der Waals surface area contributed by atoms with E-state index in [4.69, 9.17) is 4.74 Å². The first-order valence-corrected chi connectivity index (χ1v) is 19.3. The van der Waals surface area contributed by atoms with Crippen molar-refractivity contribution in [3.05, 3.63) is 119 Å². The van der Waals surface area contributed by atoms with Crippen molar-refractivity contribution in [1.82, 2.24) is 24.8 Å². The number of fused-ring (bicyclic) bond motifs is 3. The van der Waals surface area contributed by atoms with Crippen LogP contribution in [0.3, 0.4) is 0 Å². The Labute approximate surface area is 279 Å². The molecule has 0 radical (unpaired) electrons. The van der Waals surface area contributed by atoms with Crippen molar-refractivity contribution in [2.24, 2.45) is 5.92 Å². The molecule has 1 spiro atoms. The van der Waals surface area contributed by atoms with Crippen LogP contribution >= 0.6 is 0 Å². The zero-order valence-corrected chi connectivity index (χ0v) is 28.3. The first-order valence-electron chi connectivity index (χ1n) is 16.3. The van der Waals surface area contributed by atoms with E-state index < -0.39 is 20.0 Å². The van der Waals surface area contributed by atoms with Gasteiger partial charge in [0.15, 0.2) is 13.9 Å². The number of rotatable bonds is 10. The van der Waals surface area contributed by atoms with Gasteiger partial charge in [-0.15, -0.1) is 11.7 Å². The van der Waals surface area contributed by atoms with E-state index >= 15 is 0 Å². The summed E-state index contributed by atoms with van der Waals surface area (Å²) < 4.78 is 10.2. The number of aliphatic hydroxyl groups excluding tert-OH is 1. The summed E-state index contributed by atoms with van der Waals surface area (Å²) in [7, 11) is -2.90. The number of ether oxygens (including phenoxy) is 1. The molecule has 2 aliphatic rings. The summed E-state index contributed by atoms with van der Waals surface area (Å²) >= 11 is 0. The highest BCUT2D eigenvalue weighted by atomic mass is 28.4. The lowest BCUT2D eigenvalue weighted by Crippen LogP contribution is -2.46. The molecule has 0 bridgehead atoms. The van der Waals surface area contributed by atoms with E-state index in [2.05, 4.69) is 22.0 Å². The zero-order valence-electron chi connectivity index (χ0n) is 27.3.